The van der Waals surface area contributed by atoms with E-state index < -0.39 is 0 Å². The van der Waals surface area contributed by atoms with E-state index in [0.717, 1.165) is 12.1 Å². The highest BCUT2D eigenvalue weighted by molar-refractivity contribution is 6.04. The Morgan fingerprint density at radius 3 is 2.88 bits per heavy atom. The molecule has 6 heteroatoms. The average Bonchev–Trinajstić information content (AvgIpc) is 3.18. The number of nitrogens with one attached hydrogen (secondary N) is 1. The SMILES string of the molecule is CC(C)c1cc(C(=O)Nc2ccccc2O[C@@H]2CCOC2)n(C)n1. The fraction of sp³-hybridized carbons (Fsp3) is 0.444. The van der Waals surface area contributed by atoms with Crippen molar-refractivity contribution >= 4 is 11.6 Å². The molecule has 1 N–H and O–H groups in total. The monoisotopic (exact) mass is 329 g/mol. The number of aryl methyl sites for hydroxylation is 1. The zero-order valence-corrected chi connectivity index (χ0v) is 14.3. The average molecular weight is 329 g/mol. The van der Waals surface area contributed by atoms with Crippen molar-refractivity contribution in [1.29, 1.82) is 0 Å². The highest BCUT2D eigenvalue weighted by Gasteiger charge is 2.20. The van der Waals surface area contributed by atoms with E-state index in [0.29, 0.717) is 30.3 Å². The first-order valence-electron chi connectivity index (χ1n) is 8.23. The number of aromatic nitrogens is 2. The van der Waals surface area contributed by atoms with E-state index in [4.69, 9.17) is 9.47 Å². The molecular weight excluding hydrogens is 306 g/mol. The molecule has 2 heterocycles. The molecule has 1 aliphatic rings. The van der Waals surface area contributed by atoms with Gasteiger partial charge in [-0.1, -0.05) is 26.0 Å². The predicted octanol–water partition coefficient (Wildman–Crippen LogP) is 2.96. The van der Waals surface area contributed by atoms with Crippen LogP contribution in [0.1, 0.15) is 42.4 Å². The molecule has 1 aromatic carbocycles. The first-order chi connectivity index (χ1) is 11.5. The molecule has 0 radical (unpaired) electrons. The molecule has 128 valence electrons. The van der Waals surface area contributed by atoms with E-state index in [1.54, 1.807) is 11.7 Å². The largest absolute Gasteiger partial charge is 0.486 e. The van der Waals surface area contributed by atoms with Gasteiger partial charge in [-0.05, 0) is 24.1 Å². The Hall–Kier alpha value is -2.34. The third-order valence-electron chi connectivity index (χ3n) is 4.04. The molecular formula is C18H23N3O3. The number of hydrogen-bond donors (Lipinski definition) is 1. The maximum atomic E-state index is 12.6. The number of amides is 1. The van der Waals surface area contributed by atoms with Crippen molar-refractivity contribution < 1.29 is 14.3 Å². The van der Waals surface area contributed by atoms with Crippen LogP contribution in [0.5, 0.6) is 5.75 Å². The molecule has 0 bridgehead atoms. The number of ether oxygens (including phenoxy) is 2. The van der Waals surface area contributed by atoms with Gasteiger partial charge < -0.3 is 14.8 Å². The number of hydrogen-bond acceptors (Lipinski definition) is 4. The van der Waals surface area contributed by atoms with Gasteiger partial charge in [-0.3, -0.25) is 9.48 Å². The van der Waals surface area contributed by atoms with Crippen molar-refractivity contribution in [1.82, 2.24) is 9.78 Å². The van der Waals surface area contributed by atoms with Gasteiger partial charge in [-0.25, -0.2) is 0 Å². The molecule has 2 aromatic rings. The van der Waals surface area contributed by atoms with E-state index in [1.807, 2.05) is 30.3 Å². The molecule has 24 heavy (non-hydrogen) atoms. The molecule has 0 aliphatic carbocycles. The number of rotatable bonds is 5. The Morgan fingerprint density at radius 1 is 1.42 bits per heavy atom. The minimum Gasteiger partial charge on any atom is -0.486 e. The summed E-state index contributed by atoms with van der Waals surface area (Å²) in [7, 11) is 1.78. The van der Waals surface area contributed by atoms with Crippen LogP contribution in [0.4, 0.5) is 5.69 Å². The van der Waals surface area contributed by atoms with Crippen molar-refractivity contribution in [2.45, 2.75) is 32.3 Å². The van der Waals surface area contributed by atoms with Crippen LogP contribution in [0.25, 0.3) is 0 Å². The Bertz CT molecular complexity index is 718. The van der Waals surface area contributed by atoms with E-state index >= 15 is 0 Å². The summed E-state index contributed by atoms with van der Waals surface area (Å²) in [4.78, 5) is 12.6. The fourth-order valence-corrected chi connectivity index (χ4v) is 2.63. The first kappa shape index (κ1) is 16.5. The summed E-state index contributed by atoms with van der Waals surface area (Å²) in [6.07, 6.45) is 0.897. The smallest absolute Gasteiger partial charge is 0.274 e. The molecule has 0 unspecified atom stereocenters. The van der Waals surface area contributed by atoms with Crippen LogP contribution in [0.3, 0.4) is 0 Å². The van der Waals surface area contributed by atoms with E-state index in [2.05, 4.69) is 24.3 Å². The highest BCUT2D eigenvalue weighted by atomic mass is 16.5. The van der Waals surface area contributed by atoms with Crippen molar-refractivity contribution in [2.24, 2.45) is 7.05 Å². The molecule has 1 amide bonds. The molecule has 0 saturated carbocycles. The van der Waals surface area contributed by atoms with E-state index in [-0.39, 0.29) is 17.9 Å². The standard InChI is InChI=1S/C18H23N3O3/c1-12(2)15-10-16(21(3)20-15)18(22)19-14-6-4-5-7-17(14)24-13-8-9-23-11-13/h4-7,10,12-13H,8-9,11H2,1-3H3,(H,19,22)/t13-/m1/s1. The molecule has 3 rings (SSSR count). The zero-order valence-electron chi connectivity index (χ0n) is 14.3. The molecule has 1 saturated heterocycles. The van der Waals surface area contributed by atoms with Crippen LogP contribution in [0.2, 0.25) is 0 Å². The van der Waals surface area contributed by atoms with Crippen LogP contribution < -0.4 is 10.1 Å². The highest BCUT2D eigenvalue weighted by Crippen LogP contribution is 2.27. The third-order valence-corrected chi connectivity index (χ3v) is 4.04. The van der Waals surface area contributed by atoms with Crippen molar-refractivity contribution in [3.8, 4) is 5.75 Å². The maximum Gasteiger partial charge on any atom is 0.274 e. The molecule has 1 atom stereocenters. The summed E-state index contributed by atoms with van der Waals surface area (Å²) >= 11 is 0. The third kappa shape index (κ3) is 3.59. The lowest BCUT2D eigenvalue weighted by atomic mass is 10.1. The maximum absolute atomic E-state index is 12.6. The van der Waals surface area contributed by atoms with Gasteiger partial charge >= 0.3 is 0 Å². The quantitative estimate of drug-likeness (QED) is 0.916. The summed E-state index contributed by atoms with van der Waals surface area (Å²) in [5.74, 6) is 0.735. The number of nitrogens with zero attached hydrogens (tertiary/aromatic N) is 2. The molecule has 1 fully saturated rings. The number of carbonyl (C=O) groups excluding carboxylic acids is 1. The van der Waals surface area contributed by atoms with Crippen LogP contribution >= 0.6 is 0 Å². The summed E-state index contributed by atoms with van der Waals surface area (Å²) in [5, 5.41) is 7.31. The van der Waals surface area contributed by atoms with Gasteiger partial charge in [0.1, 0.15) is 17.5 Å². The minimum atomic E-state index is -0.198. The van der Waals surface area contributed by atoms with E-state index in [9.17, 15) is 4.79 Å². The summed E-state index contributed by atoms with van der Waals surface area (Å²) in [6, 6.07) is 9.28. The lowest BCUT2D eigenvalue weighted by molar-refractivity contribution is 0.101. The topological polar surface area (TPSA) is 65.4 Å². The minimum absolute atomic E-state index is 0.0345. The zero-order chi connectivity index (χ0) is 17.1. The second kappa shape index (κ2) is 7.05. The van der Waals surface area contributed by atoms with E-state index in [1.165, 1.54) is 0 Å². The first-order valence-corrected chi connectivity index (χ1v) is 8.23. The molecule has 1 aromatic heterocycles. The Balaban J connectivity index is 1.77. The van der Waals surface area contributed by atoms with Crippen LogP contribution in [0, 0.1) is 0 Å². The molecule has 1 aliphatic heterocycles. The van der Waals surface area contributed by atoms with Gasteiger partial charge in [0, 0.05) is 13.5 Å². The van der Waals surface area contributed by atoms with Gasteiger partial charge in [0.05, 0.1) is 24.6 Å². The summed E-state index contributed by atoms with van der Waals surface area (Å²) in [6.45, 7) is 5.40. The Morgan fingerprint density at radius 2 is 2.21 bits per heavy atom. The number of benzene rings is 1. The summed E-state index contributed by atoms with van der Waals surface area (Å²) < 4.78 is 12.9. The fourth-order valence-electron chi connectivity index (χ4n) is 2.63. The van der Waals surface area contributed by atoms with Crippen LogP contribution in [-0.4, -0.2) is 35.0 Å². The second-order valence-electron chi connectivity index (χ2n) is 6.29. The van der Waals surface area contributed by atoms with Gasteiger partial charge in [-0.2, -0.15) is 5.10 Å². The number of anilines is 1. The molecule has 0 spiro atoms. The predicted molar refractivity (Wildman–Crippen MR) is 91.5 cm³/mol. The Labute approximate surface area is 141 Å². The van der Waals surface area contributed by atoms with Gasteiger partial charge in [0.15, 0.2) is 0 Å². The van der Waals surface area contributed by atoms with Crippen molar-refractivity contribution in [3.63, 3.8) is 0 Å². The second-order valence-corrected chi connectivity index (χ2v) is 6.29. The lowest BCUT2D eigenvalue weighted by Gasteiger charge is -2.16. The normalized spacial score (nSPS) is 17.2. The lowest BCUT2D eigenvalue weighted by Crippen LogP contribution is -2.19. The molecule has 6 nitrogen and oxygen atoms in total. The van der Waals surface area contributed by atoms with Crippen LogP contribution in [0.15, 0.2) is 30.3 Å². The van der Waals surface area contributed by atoms with Crippen molar-refractivity contribution in [3.05, 3.63) is 41.7 Å². The summed E-state index contributed by atoms with van der Waals surface area (Å²) in [5.41, 5.74) is 2.08. The van der Waals surface area contributed by atoms with Gasteiger partial charge in [0.25, 0.3) is 5.91 Å². The number of carbonyl (C=O) groups is 1. The van der Waals surface area contributed by atoms with Gasteiger partial charge in [0.2, 0.25) is 0 Å². The van der Waals surface area contributed by atoms with Crippen molar-refractivity contribution in [2.75, 3.05) is 18.5 Å². The van der Waals surface area contributed by atoms with Crippen LogP contribution in [-0.2, 0) is 11.8 Å². The Kier molecular flexibility index (Phi) is 4.85. The number of para-hydroxylation sites is 2. The van der Waals surface area contributed by atoms with Gasteiger partial charge in [-0.15, -0.1) is 0 Å².